The lowest BCUT2D eigenvalue weighted by Crippen LogP contribution is -2.42. The largest absolute Gasteiger partial charge is 0.383 e. The number of aliphatic hydroxyl groups excluding tert-OH is 1. The molecule has 0 spiro atoms. The van der Waals surface area contributed by atoms with Gasteiger partial charge in [-0.2, -0.15) is 5.10 Å². The van der Waals surface area contributed by atoms with E-state index in [-0.39, 0.29) is 18.4 Å². The molecule has 2 N–H and O–H groups in total. The van der Waals surface area contributed by atoms with E-state index in [1.54, 1.807) is 16.9 Å². The lowest BCUT2D eigenvalue weighted by molar-refractivity contribution is -0.141. The summed E-state index contributed by atoms with van der Waals surface area (Å²) >= 11 is 0. The van der Waals surface area contributed by atoms with E-state index in [2.05, 4.69) is 10.4 Å². The van der Waals surface area contributed by atoms with Crippen molar-refractivity contribution >= 4 is 17.6 Å². The fourth-order valence-corrected chi connectivity index (χ4v) is 2.71. The summed E-state index contributed by atoms with van der Waals surface area (Å²) in [6.45, 7) is 0.413. The van der Waals surface area contributed by atoms with E-state index in [4.69, 9.17) is 0 Å². The van der Waals surface area contributed by atoms with Gasteiger partial charge in [0.2, 0.25) is 5.91 Å². The molecule has 1 aromatic carbocycles. The number of anilines is 1. The molecule has 1 aromatic heterocycles. The Morgan fingerprint density at radius 3 is 2.83 bits per heavy atom. The highest BCUT2D eigenvalue weighted by Crippen LogP contribution is 2.13. The van der Waals surface area contributed by atoms with Crippen LogP contribution in [-0.4, -0.2) is 50.8 Å². The molecule has 24 heavy (non-hydrogen) atoms. The molecule has 1 atom stereocenters. The Kier molecular flexibility index (Phi) is 4.90. The first kappa shape index (κ1) is 16.2. The number of amides is 2. The van der Waals surface area contributed by atoms with Crippen molar-refractivity contribution in [3.8, 4) is 5.69 Å². The highest BCUT2D eigenvalue weighted by Gasteiger charge is 2.26. The molecule has 2 aromatic rings. The maximum absolute atomic E-state index is 12.2. The van der Waals surface area contributed by atoms with Crippen LogP contribution in [0.15, 0.2) is 42.6 Å². The van der Waals surface area contributed by atoms with Crippen LogP contribution in [0.3, 0.4) is 0 Å². The van der Waals surface area contributed by atoms with Crippen LogP contribution in [0.5, 0.6) is 0 Å². The molecule has 7 nitrogen and oxygen atoms in total. The Morgan fingerprint density at radius 1 is 1.25 bits per heavy atom. The first-order chi connectivity index (χ1) is 11.6. The summed E-state index contributed by atoms with van der Waals surface area (Å²) in [5, 5.41) is 16.7. The molecule has 0 aliphatic carbocycles. The van der Waals surface area contributed by atoms with Crippen LogP contribution in [0.25, 0.3) is 5.69 Å². The van der Waals surface area contributed by atoms with E-state index in [9.17, 15) is 14.7 Å². The quantitative estimate of drug-likeness (QED) is 0.882. The topological polar surface area (TPSA) is 87.5 Å². The third-order valence-electron chi connectivity index (χ3n) is 3.96. The molecular weight excluding hydrogens is 308 g/mol. The van der Waals surface area contributed by atoms with Gasteiger partial charge < -0.3 is 15.3 Å². The van der Waals surface area contributed by atoms with Gasteiger partial charge in [0.1, 0.15) is 6.10 Å². The molecule has 0 radical (unpaired) electrons. The summed E-state index contributed by atoms with van der Waals surface area (Å²) in [7, 11) is 0. The van der Waals surface area contributed by atoms with Gasteiger partial charge in [0.05, 0.1) is 12.2 Å². The lowest BCUT2D eigenvalue weighted by atomic mass is 10.2. The number of carbonyl (C=O) groups is 2. The number of nitrogens with zero attached hydrogens (tertiary/aromatic N) is 3. The summed E-state index contributed by atoms with van der Waals surface area (Å²) < 4.78 is 1.66. The fraction of sp³-hybridized carbons (Fsp3) is 0.353. The second kappa shape index (κ2) is 7.27. The van der Waals surface area contributed by atoms with E-state index < -0.39 is 6.10 Å². The average Bonchev–Trinajstić information content (AvgIpc) is 2.99. The third-order valence-corrected chi connectivity index (χ3v) is 3.96. The van der Waals surface area contributed by atoms with Crippen LogP contribution in [0.2, 0.25) is 0 Å². The van der Waals surface area contributed by atoms with Crippen molar-refractivity contribution in [2.45, 2.75) is 25.4 Å². The normalized spacial score (nSPS) is 18.3. The number of benzene rings is 1. The number of nitrogens with one attached hydrogen (secondary N) is 1. The van der Waals surface area contributed by atoms with Gasteiger partial charge in [-0.25, -0.2) is 4.68 Å². The zero-order chi connectivity index (χ0) is 16.9. The maximum atomic E-state index is 12.2. The maximum Gasteiger partial charge on any atom is 0.251 e. The van der Waals surface area contributed by atoms with Crippen molar-refractivity contribution < 1.29 is 14.7 Å². The Bertz CT molecular complexity index is 714. The summed E-state index contributed by atoms with van der Waals surface area (Å²) in [6.07, 6.45) is 2.78. The van der Waals surface area contributed by atoms with Gasteiger partial charge in [0, 0.05) is 18.8 Å². The minimum atomic E-state index is -1.00. The van der Waals surface area contributed by atoms with E-state index in [0.717, 1.165) is 18.5 Å². The monoisotopic (exact) mass is 328 g/mol. The fourth-order valence-electron chi connectivity index (χ4n) is 2.71. The zero-order valence-corrected chi connectivity index (χ0v) is 13.3. The second-order valence-electron chi connectivity index (χ2n) is 5.80. The molecule has 126 valence electrons. The molecule has 1 aliphatic rings. The first-order valence-electron chi connectivity index (χ1n) is 8.01. The lowest BCUT2D eigenvalue weighted by Gasteiger charge is -2.21. The molecule has 0 bridgehead atoms. The molecule has 0 saturated carbocycles. The van der Waals surface area contributed by atoms with E-state index >= 15 is 0 Å². The number of hydrogen-bond acceptors (Lipinski definition) is 4. The summed E-state index contributed by atoms with van der Waals surface area (Å²) in [5.41, 5.74) is 0.892. The molecular formula is C17H20N4O3. The molecule has 1 unspecified atom stereocenters. The van der Waals surface area contributed by atoms with Crippen molar-refractivity contribution in [2.24, 2.45) is 0 Å². The molecule has 1 aliphatic heterocycles. The average molecular weight is 328 g/mol. The molecule has 7 heteroatoms. The van der Waals surface area contributed by atoms with Crippen molar-refractivity contribution in [3.05, 3.63) is 42.6 Å². The number of aromatic nitrogens is 2. The third kappa shape index (κ3) is 3.80. The highest BCUT2D eigenvalue weighted by molar-refractivity contribution is 5.94. The van der Waals surface area contributed by atoms with Crippen molar-refractivity contribution in [3.63, 3.8) is 0 Å². The van der Waals surface area contributed by atoms with E-state index in [1.807, 2.05) is 30.3 Å². The molecule has 2 amide bonds. The van der Waals surface area contributed by atoms with Crippen molar-refractivity contribution in [1.82, 2.24) is 14.7 Å². The molecule has 1 saturated heterocycles. The van der Waals surface area contributed by atoms with Crippen molar-refractivity contribution in [1.29, 1.82) is 0 Å². The number of para-hydroxylation sites is 1. The molecule has 3 rings (SSSR count). The predicted octanol–water partition coefficient (Wildman–Crippen LogP) is 1.18. The number of carbonyl (C=O) groups excluding carboxylic acids is 2. The zero-order valence-electron chi connectivity index (χ0n) is 13.3. The van der Waals surface area contributed by atoms with Gasteiger partial charge >= 0.3 is 0 Å². The van der Waals surface area contributed by atoms with Gasteiger partial charge in [-0.3, -0.25) is 9.59 Å². The summed E-state index contributed by atoms with van der Waals surface area (Å²) in [5.74, 6) is -0.278. The van der Waals surface area contributed by atoms with Crippen LogP contribution in [0, 0.1) is 0 Å². The number of likely N-dealkylation sites (tertiary alicyclic amines) is 1. The van der Waals surface area contributed by atoms with E-state index in [1.165, 1.54) is 4.90 Å². The van der Waals surface area contributed by atoms with Crippen LogP contribution in [0.4, 0.5) is 5.82 Å². The van der Waals surface area contributed by atoms with Gasteiger partial charge in [-0.05, 0) is 31.4 Å². The Hall–Kier alpha value is -2.67. The highest BCUT2D eigenvalue weighted by atomic mass is 16.3. The second-order valence-corrected chi connectivity index (χ2v) is 5.80. The first-order valence-corrected chi connectivity index (χ1v) is 8.01. The van der Waals surface area contributed by atoms with Gasteiger partial charge in [0.15, 0.2) is 5.82 Å². The van der Waals surface area contributed by atoms with Crippen molar-refractivity contribution in [2.75, 3.05) is 18.4 Å². The van der Waals surface area contributed by atoms with Crippen LogP contribution >= 0.6 is 0 Å². The Morgan fingerprint density at radius 2 is 2.04 bits per heavy atom. The predicted molar refractivity (Wildman–Crippen MR) is 88.6 cm³/mol. The standard InChI is InChI=1S/C17H20N4O3/c22-14-8-4-5-10-20(17(14)24)12-16(23)18-15-9-11-21(19-15)13-6-2-1-3-7-13/h1-3,6-7,9,11,14,22H,4-5,8,10,12H2,(H,18,19,23). The van der Waals surface area contributed by atoms with E-state index in [0.29, 0.717) is 18.8 Å². The number of aliphatic hydroxyl groups is 1. The summed E-state index contributed by atoms with van der Waals surface area (Å²) in [4.78, 5) is 25.6. The van der Waals surface area contributed by atoms with Crippen LogP contribution in [0.1, 0.15) is 19.3 Å². The van der Waals surface area contributed by atoms with Crippen LogP contribution < -0.4 is 5.32 Å². The van der Waals surface area contributed by atoms with Gasteiger partial charge in [-0.1, -0.05) is 18.2 Å². The Labute approximate surface area is 139 Å². The van der Waals surface area contributed by atoms with Crippen LogP contribution in [-0.2, 0) is 9.59 Å². The van der Waals surface area contributed by atoms with Gasteiger partial charge in [0.25, 0.3) is 5.91 Å². The molecule has 1 fully saturated rings. The minimum Gasteiger partial charge on any atom is -0.383 e. The number of rotatable bonds is 4. The SMILES string of the molecule is O=C(CN1CCCCC(O)C1=O)Nc1ccn(-c2ccccc2)n1. The number of hydrogen-bond donors (Lipinski definition) is 2. The summed E-state index contributed by atoms with van der Waals surface area (Å²) in [6, 6.07) is 11.3. The smallest absolute Gasteiger partial charge is 0.251 e. The van der Waals surface area contributed by atoms with Gasteiger partial charge in [-0.15, -0.1) is 0 Å². The molecule has 2 heterocycles. The minimum absolute atomic E-state index is 0.0753. The Balaban J connectivity index is 1.61.